The Morgan fingerprint density at radius 1 is 1.07 bits per heavy atom. The maximum absolute atomic E-state index is 12.2. The smallest absolute Gasteiger partial charge is 0.293 e. The molecule has 1 amide bonds. The first-order valence-electron chi connectivity index (χ1n) is 9.84. The molecule has 0 saturated carbocycles. The number of sulfone groups is 1. The van der Waals surface area contributed by atoms with Gasteiger partial charge < -0.3 is 10.6 Å². The van der Waals surface area contributed by atoms with Crippen molar-refractivity contribution >= 4 is 27.1 Å². The van der Waals surface area contributed by atoms with E-state index in [-0.39, 0.29) is 41.7 Å². The normalized spacial score (nSPS) is 13.4. The number of nitro benzene ring substituents is 1. The number of benzene rings is 2. The van der Waals surface area contributed by atoms with Crippen LogP contribution in [0.3, 0.4) is 0 Å². The molecule has 2 N–H and O–H groups in total. The molecule has 0 heterocycles. The second-order valence-corrected chi connectivity index (χ2v) is 9.49. The topological polar surface area (TPSA) is 118 Å². The van der Waals surface area contributed by atoms with Gasteiger partial charge in [0.15, 0.2) is 9.84 Å². The van der Waals surface area contributed by atoms with E-state index in [4.69, 9.17) is 0 Å². The Kier molecular flexibility index (Phi) is 6.71. The fourth-order valence-electron chi connectivity index (χ4n) is 3.59. The van der Waals surface area contributed by atoms with Crippen molar-refractivity contribution in [3.63, 3.8) is 0 Å². The van der Waals surface area contributed by atoms with Gasteiger partial charge in [0.2, 0.25) is 5.91 Å². The van der Waals surface area contributed by atoms with Gasteiger partial charge in [-0.25, -0.2) is 8.42 Å². The second-order valence-electron chi connectivity index (χ2n) is 7.47. The number of nitrogens with one attached hydrogen (secondary N) is 2. The highest BCUT2D eigenvalue weighted by atomic mass is 32.2. The van der Waals surface area contributed by atoms with Crippen LogP contribution in [0, 0.1) is 10.1 Å². The highest BCUT2D eigenvalue weighted by Gasteiger charge is 2.18. The molecule has 8 nitrogen and oxygen atoms in total. The van der Waals surface area contributed by atoms with Crippen molar-refractivity contribution in [1.29, 1.82) is 0 Å². The van der Waals surface area contributed by atoms with Crippen LogP contribution in [0.15, 0.2) is 41.3 Å². The first kappa shape index (κ1) is 21.8. The Labute approximate surface area is 175 Å². The minimum Gasteiger partial charge on any atom is -0.378 e. The lowest BCUT2D eigenvalue weighted by Gasteiger charge is -2.16. The number of fused-ring (bicyclic) bond motifs is 1. The summed E-state index contributed by atoms with van der Waals surface area (Å²) in [6.07, 6.45) is 5.85. The Balaban J connectivity index is 1.52. The number of nitro groups is 1. The molecular weight excluding hydrogens is 406 g/mol. The van der Waals surface area contributed by atoms with Crippen molar-refractivity contribution in [1.82, 2.24) is 5.32 Å². The summed E-state index contributed by atoms with van der Waals surface area (Å²) in [6.45, 7) is 0.559. The van der Waals surface area contributed by atoms with Gasteiger partial charge in [-0.1, -0.05) is 18.2 Å². The molecule has 0 unspecified atom stereocenters. The molecule has 2 aromatic rings. The molecule has 1 aliphatic carbocycles. The number of aryl methyl sites for hydroxylation is 2. The zero-order valence-electron chi connectivity index (χ0n) is 16.8. The lowest BCUT2D eigenvalue weighted by Crippen LogP contribution is -2.30. The molecule has 0 aliphatic heterocycles. The minimum absolute atomic E-state index is 0.113. The monoisotopic (exact) mass is 431 g/mol. The molecule has 0 atom stereocenters. The highest BCUT2D eigenvalue weighted by Crippen LogP contribution is 2.27. The molecule has 0 radical (unpaired) electrons. The van der Waals surface area contributed by atoms with Gasteiger partial charge in [0.1, 0.15) is 5.69 Å². The molecular formula is C21H25N3O5S. The van der Waals surface area contributed by atoms with Gasteiger partial charge >= 0.3 is 0 Å². The number of hydrogen-bond donors (Lipinski definition) is 2. The van der Waals surface area contributed by atoms with Gasteiger partial charge in [-0.2, -0.15) is 0 Å². The molecule has 2 aromatic carbocycles. The van der Waals surface area contributed by atoms with Crippen LogP contribution < -0.4 is 10.6 Å². The Bertz CT molecular complexity index is 1070. The van der Waals surface area contributed by atoms with Gasteiger partial charge in [0.25, 0.3) is 5.69 Å². The van der Waals surface area contributed by atoms with E-state index in [0.29, 0.717) is 0 Å². The Morgan fingerprint density at radius 2 is 1.80 bits per heavy atom. The second kappa shape index (κ2) is 9.25. The van der Waals surface area contributed by atoms with E-state index >= 15 is 0 Å². The molecule has 30 heavy (non-hydrogen) atoms. The fourth-order valence-corrected chi connectivity index (χ4v) is 4.23. The van der Waals surface area contributed by atoms with Crippen molar-refractivity contribution in [2.24, 2.45) is 0 Å². The summed E-state index contributed by atoms with van der Waals surface area (Å²) in [4.78, 5) is 22.7. The van der Waals surface area contributed by atoms with Crippen LogP contribution in [0.1, 0.15) is 29.5 Å². The summed E-state index contributed by atoms with van der Waals surface area (Å²) in [5, 5.41) is 16.9. The van der Waals surface area contributed by atoms with Crippen LogP contribution in [0.2, 0.25) is 0 Å². The lowest BCUT2D eigenvalue weighted by atomic mass is 9.90. The van der Waals surface area contributed by atoms with Gasteiger partial charge in [-0.15, -0.1) is 0 Å². The van der Waals surface area contributed by atoms with Crippen molar-refractivity contribution in [3.8, 4) is 0 Å². The third kappa shape index (κ3) is 5.56. The summed E-state index contributed by atoms with van der Waals surface area (Å²) >= 11 is 0. The van der Waals surface area contributed by atoms with Crippen LogP contribution in [-0.4, -0.2) is 38.6 Å². The van der Waals surface area contributed by atoms with E-state index in [1.807, 2.05) is 6.07 Å². The van der Waals surface area contributed by atoms with Crippen molar-refractivity contribution in [2.75, 3.05) is 24.7 Å². The maximum Gasteiger partial charge on any atom is 0.293 e. The molecule has 0 aromatic heterocycles. The van der Waals surface area contributed by atoms with Crippen LogP contribution >= 0.6 is 0 Å². The number of nitrogens with zero attached hydrogens (tertiary/aromatic N) is 1. The number of rotatable bonds is 8. The summed E-state index contributed by atoms with van der Waals surface area (Å²) < 4.78 is 23.2. The van der Waals surface area contributed by atoms with Gasteiger partial charge in [0.05, 0.1) is 16.2 Å². The van der Waals surface area contributed by atoms with Crippen LogP contribution in [-0.2, 0) is 33.9 Å². The zero-order chi connectivity index (χ0) is 21.7. The standard InChI is InChI=1S/C21H25N3O5S/c1-30(28,29)18-8-9-19(20(14-18)24(26)27)22-10-11-23-21(25)13-15-6-7-16-4-2-3-5-17(16)12-15/h6-9,12,14,22H,2-5,10-11,13H2,1H3,(H,23,25). The predicted molar refractivity (Wildman–Crippen MR) is 114 cm³/mol. The minimum atomic E-state index is -3.54. The van der Waals surface area contributed by atoms with E-state index in [1.54, 1.807) is 0 Å². The van der Waals surface area contributed by atoms with Gasteiger partial charge in [0, 0.05) is 25.4 Å². The molecule has 9 heteroatoms. The molecule has 0 bridgehead atoms. The highest BCUT2D eigenvalue weighted by molar-refractivity contribution is 7.90. The predicted octanol–water partition coefficient (Wildman–Crippen LogP) is 2.65. The fraction of sp³-hybridized carbons (Fsp3) is 0.381. The maximum atomic E-state index is 12.2. The first-order chi connectivity index (χ1) is 14.2. The molecule has 0 spiro atoms. The number of anilines is 1. The van der Waals surface area contributed by atoms with E-state index in [9.17, 15) is 23.3 Å². The molecule has 0 fully saturated rings. The van der Waals surface area contributed by atoms with Crippen molar-refractivity contribution in [3.05, 3.63) is 63.2 Å². The Morgan fingerprint density at radius 3 is 2.50 bits per heavy atom. The van der Waals surface area contributed by atoms with Gasteiger partial charge in [-0.3, -0.25) is 14.9 Å². The summed E-state index contributed by atoms with van der Waals surface area (Å²) in [7, 11) is -3.54. The number of carbonyl (C=O) groups is 1. The van der Waals surface area contributed by atoms with Crippen molar-refractivity contribution < 1.29 is 18.1 Å². The zero-order valence-corrected chi connectivity index (χ0v) is 17.6. The van der Waals surface area contributed by atoms with E-state index in [2.05, 4.69) is 22.8 Å². The van der Waals surface area contributed by atoms with E-state index in [0.717, 1.165) is 30.7 Å². The molecule has 0 saturated heterocycles. The molecule has 3 rings (SSSR count). The summed E-state index contributed by atoms with van der Waals surface area (Å²) in [6, 6.07) is 9.93. The number of carbonyl (C=O) groups excluding carboxylic acids is 1. The largest absolute Gasteiger partial charge is 0.378 e. The summed E-state index contributed by atoms with van der Waals surface area (Å²) in [5.74, 6) is -0.116. The summed E-state index contributed by atoms with van der Waals surface area (Å²) in [5.41, 5.74) is 3.57. The van der Waals surface area contributed by atoms with E-state index < -0.39 is 14.8 Å². The van der Waals surface area contributed by atoms with Crippen LogP contribution in [0.4, 0.5) is 11.4 Å². The third-order valence-electron chi connectivity index (χ3n) is 5.13. The average Bonchev–Trinajstić information content (AvgIpc) is 2.70. The average molecular weight is 432 g/mol. The quantitative estimate of drug-likeness (QED) is 0.377. The third-order valence-corrected chi connectivity index (χ3v) is 6.24. The number of amides is 1. The SMILES string of the molecule is CS(=O)(=O)c1ccc(NCCNC(=O)Cc2ccc3c(c2)CCCC3)c([N+](=O)[O-])c1. The van der Waals surface area contributed by atoms with Crippen LogP contribution in [0.25, 0.3) is 0 Å². The van der Waals surface area contributed by atoms with E-state index in [1.165, 1.54) is 36.1 Å². The molecule has 1 aliphatic rings. The lowest BCUT2D eigenvalue weighted by molar-refractivity contribution is -0.384. The van der Waals surface area contributed by atoms with Crippen LogP contribution in [0.5, 0.6) is 0 Å². The van der Waals surface area contributed by atoms with Crippen molar-refractivity contribution in [2.45, 2.75) is 37.0 Å². The Hall–Kier alpha value is -2.94. The first-order valence-corrected chi connectivity index (χ1v) is 11.7. The number of hydrogen-bond acceptors (Lipinski definition) is 6. The van der Waals surface area contributed by atoms with Gasteiger partial charge in [-0.05, 0) is 54.5 Å². The molecule has 160 valence electrons.